The van der Waals surface area contributed by atoms with Crippen LogP contribution in [-0.4, -0.2) is 0 Å². The molecule has 4 aliphatic carbocycles. The monoisotopic (exact) mass is 721 g/mol. The summed E-state index contributed by atoms with van der Waals surface area (Å²) in [7, 11) is 0. The molecule has 0 unspecified atom stereocenters. The molecule has 0 atom stereocenters. The van der Waals surface area contributed by atoms with Gasteiger partial charge in [0.25, 0.3) is 0 Å². The standard InChI is InChI=1S/C51H39Cl2/c1-50(2)28-39-43(31-17-11-12-18-31)46-37-27-40(50)42(30-13-7-5-8-14-30)38-29-51(3,4)49(45(37)38)48(46)47(44(39)32-15-9-6-10-16-32)41(33-19-23-35(52)24-20-33)34-21-25-36(53)26-22-34/h5-17,19-26H,18,28-29H2,1-4H3. The molecule has 0 amide bonds. The van der Waals surface area contributed by atoms with Crippen LogP contribution in [0.5, 0.6) is 0 Å². The molecule has 53 heavy (non-hydrogen) atoms. The van der Waals surface area contributed by atoms with Gasteiger partial charge >= 0.3 is 0 Å². The lowest BCUT2D eigenvalue weighted by Gasteiger charge is -2.35. The number of benzene rings is 6. The van der Waals surface area contributed by atoms with Crippen molar-refractivity contribution in [3.63, 3.8) is 0 Å². The molecule has 0 aromatic heterocycles. The lowest BCUT2D eigenvalue weighted by molar-refractivity contribution is 0.510. The summed E-state index contributed by atoms with van der Waals surface area (Å²) >= 11 is 13.2. The average Bonchev–Trinajstić information content (AvgIpc) is 3.87. The predicted octanol–water partition coefficient (Wildman–Crippen LogP) is 12.3. The minimum Gasteiger partial charge on any atom is -0.0843 e. The highest BCUT2D eigenvalue weighted by atomic mass is 35.5. The third kappa shape index (κ3) is 4.89. The van der Waals surface area contributed by atoms with E-state index in [0.717, 1.165) is 40.4 Å². The van der Waals surface area contributed by atoms with Crippen LogP contribution in [-0.2, 0) is 18.3 Å². The Balaban J connectivity index is 1.55. The summed E-state index contributed by atoms with van der Waals surface area (Å²) in [5.41, 5.74) is 20.9. The molecule has 0 saturated carbocycles. The Kier molecular flexibility index (Phi) is 7.30. The molecule has 0 N–H and O–H groups in total. The Morgan fingerprint density at radius 1 is 0.585 bits per heavy atom. The fourth-order valence-electron chi connectivity index (χ4n) is 9.94. The second-order valence-corrected chi connectivity index (χ2v) is 17.3. The molecule has 0 fully saturated rings. The van der Waals surface area contributed by atoms with E-state index in [2.05, 4.69) is 137 Å². The molecule has 0 nitrogen and oxygen atoms in total. The highest BCUT2D eigenvalue weighted by Gasteiger charge is 2.47. The zero-order chi connectivity index (χ0) is 36.2. The van der Waals surface area contributed by atoms with E-state index in [9.17, 15) is 0 Å². The van der Waals surface area contributed by atoms with E-state index in [-0.39, 0.29) is 10.8 Å². The van der Waals surface area contributed by atoms with Crippen LogP contribution in [0.4, 0.5) is 0 Å². The van der Waals surface area contributed by atoms with Crippen molar-refractivity contribution in [1.29, 1.82) is 0 Å². The Morgan fingerprint density at radius 2 is 1.13 bits per heavy atom. The van der Waals surface area contributed by atoms with E-state index >= 15 is 0 Å². The van der Waals surface area contributed by atoms with E-state index in [1.807, 2.05) is 24.3 Å². The summed E-state index contributed by atoms with van der Waals surface area (Å²) in [6, 6.07) is 43.4. The van der Waals surface area contributed by atoms with Gasteiger partial charge < -0.3 is 0 Å². The second-order valence-electron chi connectivity index (χ2n) is 16.4. The Morgan fingerprint density at radius 3 is 1.70 bits per heavy atom. The molecule has 0 aliphatic heterocycles. The number of hydrogen-bond acceptors (Lipinski definition) is 0. The van der Waals surface area contributed by atoms with Crippen molar-refractivity contribution in [2.24, 2.45) is 5.41 Å². The maximum atomic E-state index is 6.60. The smallest absolute Gasteiger partial charge is 0.0406 e. The van der Waals surface area contributed by atoms with Crippen LogP contribution >= 0.6 is 23.2 Å². The van der Waals surface area contributed by atoms with Gasteiger partial charge in [-0.3, -0.25) is 0 Å². The molecule has 0 heterocycles. The van der Waals surface area contributed by atoms with E-state index < -0.39 is 0 Å². The number of hydrogen-bond donors (Lipinski definition) is 0. The summed E-state index contributed by atoms with van der Waals surface area (Å²) in [5, 5.41) is 4.11. The van der Waals surface area contributed by atoms with Gasteiger partial charge in [-0.1, -0.05) is 154 Å². The molecule has 10 rings (SSSR count). The van der Waals surface area contributed by atoms with Gasteiger partial charge in [0.2, 0.25) is 0 Å². The van der Waals surface area contributed by atoms with Crippen molar-refractivity contribution in [2.45, 2.75) is 52.4 Å². The molecular formula is C51H39Cl2. The van der Waals surface area contributed by atoms with Crippen LogP contribution in [0.3, 0.4) is 0 Å². The van der Waals surface area contributed by atoms with E-state index in [4.69, 9.17) is 23.2 Å². The Bertz CT molecular complexity index is 2660. The van der Waals surface area contributed by atoms with E-state index in [1.54, 1.807) is 0 Å². The fraction of sp³-hybridized carbons (Fsp3) is 0.176. The summed E-state index contributed by atoms with van der Waals surface area (Å²) in [4.78, 5) is 0. The first kappa shape index (κ1) is 32.7. The summed E-state index contributed by atoms with van der Waals surface area (Å²) in [5.74, 6) is 0. The third-order valence-corrected chi connectivity index (χ3v) is 12.5. The van der Waals surface area contributed by atoms with E-state index in [1.165, 1.54) is 88.4 Å². The van der Waals surface area contributed by atoms with Crippen molar-refractivity contribution < 1.29 is 0 Å². The van der Waals surface area contributed by atoms with Gasteiger partial charge in [-0.05, 0) is 160 Å². The molecule has 257 valence electrons. The number of fused-ring (bicyclic) bond motifs is 2. The van der Waals surface area contributed by atoms with Gasteiger partial charge in [-0.25, -0.2) is 0 Å². The minimum atomic E-state index is -0.228. The normalized spacial score (nSPS) is 16.6. The zero-order valence-electron chi connectivity index (χ0n) is 30.5. The zero-order valence-corrected chi connectivity index (χ0v) is 32.0. The van der Waals surface area contributed by atoms with Crippen LogP contribution in [0.15, 0.2) is 127 Å². The minimum absolute atomic E-state index is 0.128. The summed E-state index contributed by atoms with van der Waals surface area (Å²) in [6.07, 6.45) is 9.69. The Labute approximate surface area is 322 Å². The number of rotatable bonds is 5. The van der Waals surface area contributed by atoms with E-state index in [0.29, 0.717) is 0 Å². The lowest BCUT2D eigenvalue weighted by Crippen LogP contribution is -2.38. The topological polar surface area (TPSA) is 0 Å². The van der Waals surface area contributed by atoms with Gasteiger partial charge in [0.15, 0.2) is 0 Å². The largest absolute Gasteiger partial charge is 0.0843 e. The first-order chi connectivity index (χ1) is 25.6. The molecule has 1 radical (unpaired) electrons. The van der Waals surface area contributed by atoms with Crippen LogP contribution < -0.4 is 10.4 Å². The average molecular weight is 723 g/mol. The SMILES string of the molecule is CC1(C)Cc2c3c4[c]c(c2-c2ccccc2)C(C)(C)Cc2c(C5=CC=CC5)c-4c(c(=C(c4ccc(Cl)cc4)c4ccc(Cl)cc4)c2-c2ccccc2)=C31. The van der Waals surface area contributed by atoms with Gasteiger partial charge in [0.1, 0.15) is 0 Å². The molecule has 2 heteroatoms. The van der Waals surface area contributed by atoms with Gasteiger partial charge in [0, 0.05) is 10.0 Å². The van der Waals surface area contributed by atoms with Crippen LogP contribution in [0, 0.1) is 11.5 Å². The van der Waals surface area contributed by atoms with Gasteiger partial charge in [-0.2, -0.15) is 0 Å². The lowest BCUT2D eigenvalue weighted by atomic mass is 9.67. The van der Waals surface area contributed by atoms with Gasteiger partial charge in [0.05, 0.1) is 0 Å². The van der Waals surface area contributed by atoms with Crippen molar-refractivity contribution >= 4 is 39.9 Å². The first-order valence-electron chi connectivity index (χ1n) is 18.7. The predicted molar refractivity (Wildman–Crippen MR) is 224 cm³/mol. The highest BCUT2D eigenvalue weighted by Crippen LogP contribution is 2.58. The molecular weight excluding hydrogens is 683 g/mol. The van der Waals surface area contributed by atoms with Crippen LogP contribution in [0.1, 0.15) is 73.1 Å². The summed E-state index contributed by atoms with van der Waals surface area (Å²) in [6.45, 7) is 9.83. The second kappa shape index (κ2) is 11.8. The number of halogens is 2. The van der Waals surface area contributed by atoms with Crippen molar-refractivity contribution in [3.8, 4) is 33.4 Å². The summed E-state index contributed by atoms with van der Waals surface area (Å²) < 4.78 is 0. The maximum Gasteiger partial charge on any atom is 0.0406 e. The molecule has 0 spiro atoms. The molecule has 0 saturated heterocycles. The molecule has 6 aromatic rings. The molecule has 6 aromatic carbocycles. The number of allylic oxidation sites excluding steroid dienone is 4. The third-order valence-electron chi connectivity index (χ3n) is 12.0. The molecule has 4 aliphatic rings. The van der Waals surface area contributed by atoms with Crippen molar-refractivity contribution in [2.75, 3.05) is 0 Å². The highest BCUT2D eigenvalue weighted by molar-refractivity contribution is 6.31. The fourth-order valence-corrected chi connectivity index (χ4v) is 10.2. The van der Waals surface area contributed by atoms with Crippen LogP contribution in [0.25, 0.3) is 50.1 Å². The maximum absolute atomic E-state index is 6.60. The van der Waals surface area contributed by atoms with Crippen molar-refractivity contribution in [1.82, 2.24) is 0 Å². The molecule has 4 bridgehead atoms. The first-order valence-corrected chi connectivity index (χ1v) is 19.5. The van der Waals surface area contributed by atoms with Gasteiger partial charge in [-0.15, -0.1) is 0 Å². The Hall–Kier alpha value is -4.88. The van der Waals surface area contributed by atoms with Crippen molar-refractivity contribution in [3.05, 3.63) is 193 Å². The van der Waals surface area contributed by atoms with Crippen LogP contribution in [0.2, 0.25) is 10.0 Å². The quantitative estimate of drug-likeness (QED) is 0.166.